The van der Waals surface area contributed by atoms with Crippen LogP contribution in [0.25, 0.3) is 0 Å². The van der Waals surface area contributed by atoms with E-state index in [1.807, 2.05) is 24.3 Å². The van der Waals surface area contributed by atoms with Crippen LogP contribution in [0.3, 0.4) is 0 Å². The number of benzene rings is 1. The predicted molar refractivity (Wildman–Crippen MR) is 75.7 cm³/mol. The van der Waals surface area contributed by atoms with Gasteiger partial charge in [-0.25, -0.2) is 4.79 Å². The molecule has 0 unspecified atom stereocenters. The van der Waals surface area contributed by atoms with Crippen molar-refractivity contribution in [3.05, 3.63) is 35.4 Å². The van der Waals surface area contributed by atoms with Crippen LogP contribution in [0.1, 0.15) is 30.4 Å². The van der Waals surface area contributed by atoms with Gasteiger partial charge in [0, 0.05) is 19.6 Å². The van der Waals surface area contributed by atoms with E-state index in [0.29, 0.717) is 19.6 Å². The Kier molecular flexibility index (Phi) is 3.92. The number of amides is 1. The third-order valence-corrected chi connectivity index (χ3v) is 4.28. The highest BCUT2D eigenvalue weighted by molar-refractivity contribution is 5.84. The summed E-state index contributed by atoms with van der Waals surface area (Å²) in [5.74, 6) is -1.06. The number of rotatable bonds is 3. The highest BCUT2D eigenvalue weighted by atomic mass is 16.5. The molecular weight excluding hydrogens is 270 g/mol. The van der Waals surface area contributed by atoms with Crippen LogP contribution in [0.4, 0.5) is 0 Å². The maximum Gasteiger partial charge on any atom is 0.326 e. The normalized spacial score (nSPS) is 24.7. The van der Waals surface area contributed by atoms with E-state index in [9.17, 15) is 14.7 Å². The summed E-state index contributed by atoms with van der Waals surface area (Å²) in [4.78, 5) is 25.4. The molecule has 1 saturated heterocycles. The monoisotopic (exact) mass is 289 g/mol. The molecule has 1 fully saturated rings. The summed E-state index contributed by atoms with van der Waals surface area (Å²) in [6.07, 6.45) is 2.47. The van der Waals surface area contributed by atoms with Crippen molar-refractivity contribution < 1.29 is 19.4 Å². The first-order chi connectivity index (χ1) is 10.1. The lowest BCUT2D eigenvalue weighted by molar-refractivity contribution is -0.152. The molecule has 2 heterocycles. The zero-order valence-corrected chi connectivity index (χ0v) is 11.8. The summed E-state index contributed by atoms with van der Waals surface area (Å²) in [6.45, 7) is 1.07. The lowest BCUT2D eigenvalue weighted by atomic mass is 9.93. The number of nitrogens with zero attached hydrogens (tertiary/aromatic N) is 1. The Balaban J connectivity index is 1.78. The van der Waals surface area contributed by atoms with Crippen molar-refractivity contribution in [2.75, 3.05) is 6.61 Å². The van der Waals surface area contributed by atoms with Crippen LogP contribution < -0.4 is 0 Å². The number of carboxylic acids is 1. The van der Waals surface area contributed by atoms with Crippen LogP contribution in [0.15, 0.2) is 24.3 Å². The van der Waals surface area contributed by atoms with Gasteiger partial charge in [-0.05, 0) is 24.0 Å². The summed E-state index contributed by atoms with van der Waals surface area (Å²) >= 11 is 0. The second kappa shape index (κ2) is 5.85. The number of aliphatic carboxylic acids is 1. The Morgan fingerprint density at radius 1 is 1.29 bits per heavy atom. The van der Waals surface area contributed by atoms with Crippen molar-refractivity contribution in [1.82, 2.24) is 4.90 Å². The van der Waals surface area contributed by atoms with E-state index in [1.165, 1.54) is 4.90 Å². The lowest BCUT2D eigenvalue weighted by Crippen LogP contribution is -2.49. The average Bonchev–Trinajstić information content (AvgIpc) is 2.98. The molecule has 1 aromatic rings. The standard InChI is InChI=1S/C16H19NO4/c18-15(9-13-6-3-7-21-13)17-10-12-5-2-1-4-11(12)8-14(17)16(19)20/h1-2,4-5,13-14H,3,6-10H2,(H,19,20)/t13-,14-/m0/s1. The van der Waals surface area contributed by atoms with E-state index in [4.69, 9.17) is 4.74 Å². The van der Waals surface area contributed by atoms with Gasteiger partial charge in [0.1, 0.15) is 6.04 Å². The molecule has 1 N–H and O–H groups in total. The van der Waals surface area contributed by atoms with E-state index in [1.54, 1.807) is 0 Å². The first kappa shape index (κ1) is 14.1. The second-order valence-electron chi connectivity index (χ2n) is 5.69. The Hall–Kier alpha value is -1.88. The van der Waals surface area contributed by atoms with Gasteiger partial charge >= 0.3 is 5.97 Å². The second-order valence-corrected chi connectivity index (χ2v) is 5.69. The summed E-state index contributed by atoms with van der Waals surface area (Å²) in [7, 11) is 0. The third kappa shape index (κ3) is 2.93. The van der Waals surface area contributed by atoms with Crippen molar-refractivity contribution in [3.63, 3.8) is 0 Å². The van der Waals surface area contributed by atoms with Crippen LogP contribution in [0.5, 0.6) is 0 Å². The van der Waals surface area contributed by atoms with Gasteiger partial charge in [-0.1, -0.05) is 24.3 Å². The van der Waals surface area contributed by atoms with E-state index >= 15 is 0 Å². The van der Waals surface area contributed by atoms with E-state index < -0.39 is 12.0 Å². The van der Waals surface area contributed by atoms with Gasteiger partial charge in [0.05, 0.1) is 12.5 Å². The molecule has 3 rings (SSSR count). The highest BCUT2D eigenvalue weighted by Crippen LogP contribution is 2.25. The first-order valence-corrected chi connectivity index (χ1v) is 7.36. The number of hydrogen-bond acceptors (Lipinski definition) is 3. The summed E-state index contributed by atoms with van der Waals surface area (Å²) in [5, 5.41) is 9.42. The Morgan fingerprint density at radius 2 is 2.05 bits per heavy atom. The van der Waals surface area contributed by atoms with Gasteiger partial charge in [0.15, 0.2) is 0 Å². The van der Waals surface area contributed by atoms with Gasteiger partial charge in [-0.3, -0.25) is 4.79 Å². The molecule has 0 aliphatic carbocycles. The number of carbonyl (C=O) groups excluding carboxylic acids is 1. The quantitative estimate of drug-likeness (QED) is 0.917. The Labute approximate surface area is 123 Å². The Morgan fingerprint density at radius 3 is 2.71 bits per heavy atom. The first-order valence-electron chi connectivity index (χ1n) is 7.36. The molecule has 2 aliphatic rings. The minimum atomic E-state index is -0.940. The van der Waals surface area contributed by atoms with Crippen molar-refractivity contribution in [2.45, 2.75) is 44.4 Å². The fourth-order valence-corrected chi connectivity index (χ4v) is 3.12. The van der Waals surface area contributed by atoms with Crippen molar-refractivity contribution in [2.24, 2.45) is 0 Å². The largest absolute Gasteiger partial charge is 0.480 e. The molecule has 1 amide bonds. The number of hydrogen-bond donors (Lipinski definition) is 1. The number of carbonyl (C=O) groups is 2. The maximum atomic E-state index is 12.5. The molecule has 0 bridgehead atoms. The molecule has 0 saturated carbocycles. The molecule has 0 radical (unpaired) electrons. The number of fused-ring (bicyclic) bond motifs is 1. The van der Waals surface area contributed by atoms with Crippen LogP contribution in [0.2, 0.25) is 0 Å². The van der Waals surface area contributed by atoms with E-state index in [-0.39, 0.29) is 18.4 Å². The van der Waals surface area contributed by atoms with Gasteiger partial charge in [0.2, 0.25) is 5.91 Å². The zero-order valence-electron chi connectivity index (χ0n) is 11.8. The molecular formula is C16H19NO4. The van der Waals surface area contributed by atoms with Gasteiger partial charge in [-0.2, -0.15) is 0 Å². The van der Waals surface area contributed by atoms with E-state index in [0.717, 1.165) is 24.0 Å². The predicted octanol–water partition coefficient (Wildman–Crippen LogP) is 1.59. The molecule has 1 aromatic carbocycles. The zero-order chi connectivity index (χ0) is 14.8. The summed E-state index contributed by atoms with van der Waals surface area (Å²) < 4.78 is 5.48. The van der Waals surface area contributed by atoms with Crippen LogP contribution in [0, 0.1) is 0 Å². The summed E-state index contributed by atoms with van der Waals surface area (Å²) in [5.41, 5.74) is 2.06. The van der Waals surface area contributed by atoms with E-state index in [2.05, 4.69) is 0 Å². The van der Waals surface area contributed by atoms with Crippen LogP contribution in [-0.4, -0.2) is 40.6 Å². The SMILES string of the molecule is O=C(O)[C@@H]1Cc2ccccc2CN1C(=O)C[C@@H]1CCCO1. The smallest absolute Gasteiger partial charge is 0.326 e. The van der Waals surface area contributed by atoms with Crippen molar-refractivity contribution >= 4 is 11.9 Å². The molecule has 5 nitrogen and oxygen atoms in total. The molecule has 0 spiro atoms. The number of ether oxygens (including phenoxy) is 1. The fourth-order valence-electron chi connectivity index (χ4n) is 3.12. The molecule has 5 heteroatoms. The molecule has 0 aromatic heterocycles. The molecule has 21 heavy (non-hydrogen) atoms. The average molecular weight is 289 g/mol. The molecule has 112 valence electrons. The Bertz CT molecular complexity index is 551. The lowest BCUT2D eigenvalue weighted by Gasteiger charge is -2.35. The highest BCUT2D eigenvalue weighted by Gasteiger charge is 2.35. The fraction of sp³-hybridized carbons (Fsp3) is 0.500. The third-order valence-electron chi connectivity index (χ3n) is 4.28. The minimum Gasteiger partial charge on any atom is -0.480 e. The number of carboxylic acid groups (broad SMARTS) is 1. The maximum absolute atomic E-state index is 12.5. The van der Waals surface area contributed by atoms with Gasteiger partial charge in [0.25, 0.3) is 0 Å². The van der Waals surface area contributed by atoms with Crippen LogP contribution in [-0.2, 0) is 27.3 Å². The topological polar surface area (TPSA) is 66.8 Å². The van der Waals surface area contributed by atoms with Gasteiger partial charge in [-0.15, -0.1) is 0 Å². The van der Waals surface area contributed by atoms with Gasteiger partial charge < -0.3 is 14.7 Å². The van der Waals surface area contributed by atoms with Crippen molar-refractivity contribution in [1.29, 1.82) is 0 Å². The summed E-state index contributed by atoms with van der Waals surface area (Å²) in [6, 6.07) is 6.95. The molecule has 2 atom stereocenters. The van der Waals surface area contributed by atoms with Crippen molar-refractivity contribution in [3.8, 4) is 0 Å². The minimum absolute atomic E-state index is 0.0517. The van der Waals surface area contributed by atoms with Crippen LogP contribution >= 0.6 is 0 Å². The molecule has 2 aliphatic heterocycles.